The van der Waals surface area contributed by atoms with Gasteiger partial charge in [0, 0.05) is 73.3 Å². The summed E-state index contributed by atoms with van der Waals surface area (Å²) in [5, 5.41) is 11.4. The van der Waals surface area contributed by atoms with Crippen LogP contribution in [-0.2, 0) is 11.8 Å². The second kappa shape index (κ2) is 15.7. The van der Waals surface area contributed by atoms with Crippen molar-refractivity contribution < 1.29 is 28.1 Å². The van der Waals surface area contributed by atoms with Crippen LogP contribution in [0.3, 0.4) is 0 Å². The van der Waals surface area contributed by atoms with Gasteiger partial charge in [0.1, 0.15) is 0 Å². The number of thiazole rings is 1. The van der Waals surface area contributed by atoms with Crippen LogP contribution in [0.1, 0.15) is 40.7 Å². The zero-order valence-electron chi connectivity index (χ0n) is 29.2. The van der Waals surface area contributed by atoms with E-state index in [4.69, 9.17) is 11.6 Å². The number of hydrogen-bond acceptors (Lipinski definition) is 7. The minimum Gasteiger partial charge on any atom is -0.340 e. The Balaban J connectivity index is 1.10. The predicted molar refractivity (Wildman–Crippen MR) is 195 cm³/mol. The summed E-state index contributed by atoms with van der Waals surface area (Å²) in [4.78, 5) is 53.0. The summed E-state index contributed by atoms with van der Waals surface area (Å²) in [5.74, 6) is -3.02. The Morgan fingerprint density at radius 1 is 1.00 bits per heavy atom. The Morgan fingerprint density at radius 3 is 2.38 bits per heavy atom. The second-order valence-electron chi connectivity index (χ2n) is 13.0. The number of carbonyl (C=O) groups excluding carboxylic acids is 3. The van der Waals surface area contributed by atoms with Gasteiger partial charge in [0.2, 0.25) is 5.91 Å². The molecule has 1 fully saturated rings. The maximum atomic E-state index is 15.6. The third kappa shape index (κ3) is 7.47. The van der Waals surface area contributed by atoms with E-state index in [1.54, 1.807) is 21.9 Å². The molecule has 0 radical (unpaired) electrons. The minimum absolute atomic E-state index is 0.00579. The van der Waals surface area contributed by atoms with Gasteiger partial charge in [-0.05, 0) is 30.7 Å². The third-order valence-electron chi connectivity index (χ3n) is 9.34. The smallest absolute Gasteiger partial charge is 0.291 e. The van der Waals surface area contributed by atoms with Crippen molar-refractivity contribution >= 4 is 46.3 Å². The average Bonchev–Trinajstić information content (AvgIpc) is 3.91. The van der Waals surface area contributed by atoms with Gasteiger partial charge in [-0.25, -0.2) is 18.7 Å². The number of benzene rings is 2. The van der Waals surface area contributed by atoms with Gasteiger partial charge in [-0.3, -0.25) is 19.5 Å². The van der Waals surface area contributed by atoms with Crippen molar-refractivity contribution in [1.29, 1.82) is 0 Å². The molecule has 2 aromatic carbocycles. The van der Waals surface area contributed by atoms with Gasteiger partial charge >= 0.3 is 0 Å². The minimum atomic E-state index is -1.11. The van der Waals surface area contributed by atoms with Crippen LogP contribution in [0.2, 0.25) is 5.02 Å². The highest BCUT2D eigenvalue weighted by atomic mass is 35.5. The Labute approximate surface area is 308 Å². The molecule has 1 unspecified atom stereocenters. The lowest BCUT2D eigenvalue weighted by Gasteiger charge is -2.36. The number of rotatable bonds is 11. The van der Waals surface area contributed by atoms with Crippen molar-refractivity contribution in [1.82, 2.24) is 34.5 Å². The summed E-state index contributed by atoms with van der Waals surface area (Å²) >= 11 is 7.90. The normalized spacial score (nSPS) is 13.8. The lowest BCUT2D eigenvalue weighted by atomic mass is 10.00. The molecule has 1 atom stereocenters. The van der Waals surface area contributed by atoms with Crippen LogP contribution in [0, 0.1) is 17.6 Å². The Morgan fingerprint density at radius 2 is 1.71 bits per heavy atom. The Hall–Kier alpha value is -4.99. The van der Waals surface area contributed by atoms with Crippen LogP contribution in [0.25, 0.3) is 33.8 Å². The van der Waals surface area contributed by atoms with Crippen molar-refractivity contribution in [3.8, 4) is 33.8 Å². The van der Waals surface area contributed by atoms with Crippen molar-refractivity contribution in [3.63, 3.8) is 0 Å². The lowest BCUT2D eigenvalue weighted by molar-refractivity contribution is -0.858. The maximum absolute atomic E-state index is 15.6. The third-order valence-corrected chi connectivity index (χ3v) is 10.2. The molecule has 1 aliphatic rings. The molecule has 16 heteroatoms. The quantitative estimate of drug-likeness (QED) is 0.181. The van der Waals surface area contributed by atoms with E-state index in [1.807, 2.05) is 11.8 Å². The zero-order valence-corrected chi connectivity index (χ0v) is 30.7. The molecular formula is C36H39ClF2N9O3S+. The molecule has 1 saturated heterocycles. The van der Waals surface area contributed by atoms with Crippen molar-refractivity contribution in [3.05, 3.63) is 81.7 Å². The average molecular weight is 751 g/mol. The molecule has 5 aromatic rings. The van der Waals surface area contributed by atoms with E-state index >= 15 is 8.78 Å². The number of imidazole rings is 1. The molecule has 0 spiro atoms. The number of aromatic amines is 1. The number of hydrogen-bond donors (Lipinski definition) is 3. The maximum Gasteiger partial charge on any atom is 0.291 e. The van der Waals surface area contributed by atoms with Gasteiger partial charge in [-0.2, -0.15) is 5.10 Å². The number of carbonyl (C=O) groups is 3. The summed E-state index contributed by atoms with van der Waals surface area (Å²) in [7, 11) is 5.66. The molecule has 272 valence electrons. The molecule has 0 saturated carbocycles. The molecule has 52 heavy (non-hydrogen) atoms. The number of amides is 3. The molecule has 3 N–H and O–H groups in total. The van der Waals surface area contributed by atoms with Crippen molar-refractivity contribution in [2.75, 3.05) is 52.1 Å². The molecule has 0 aliphatic carbocycles. The van der Waals surface area contributed by atoms with E-state index in [0.717, 1.165) is 19.4 Å². The Bertz CT molecular complexity index is 2090. The first-order valence-corrected chi connectivity index (χ1v) is 18.2. The number of nitrogens with one attached hydrogen (secondary N) is 3. The molecule has 0 bridgehead atoms. The topological polar surface area (TPSA) is 134 Å². The molecule has 4 heterocycles. The van der Waals surface area contributed by atoms with Crippen LogP contribution in [0.15, 0.2) is 53.6 Å². The zero-order chi connectivity index (χ0) is 37.1. The van der Waals surface area contributed by atoms with E-state index in [9.17, 15) is 14.4 Å². The van der Waals surface area contributed by atoms with E-state index < -0.39 is 17.5 Å². The van der Waals surface area contributed by atoms with E-state index in [2.05, 4.69) is 39.6 Å². The number of nitrogens with zero attached hydrogens (tertiary/aromatic N) is 6. The number of halogens is 3. The Kier molecular flexibility index (Phi) is 11.1. The van der Waals surface area contributed by atoms with Gasteiger partial charge in [0.05, 0.1) is 66.2 Å². The lowest BCUT2D eigenvalue weighted by Crippen LogP contribution is -3.05. The molecular weight excluding hydrogens is 712 g/mol. The SMILES string of the molecule is CCC(CC[NH+](C)C)C(=O)N1CCN(C(=O)c2ccc(NC(=O)c3ncc(-c4ccc(-c5cn[nH]c5-c5cscn5)c(F)c4F)n3C)cc2Cl)CC1. The largest absolute Gasteiger partial charge is 0.340 e. The number of H-pyrrole nitrogens is 1. The van der Waals surface area contributed by atoms with Crippen LogP contribution in [-0.4, -0.2) is 99.1 Å². The molecule has 3 aromatic heterocycles. The first kappa shape index (κ1) is 36.8. The molecule has 3 amide bonds. The highest BCUT2D eigenvalue weighted by Crippen LogP contribution is 2.36. The number of aromatic nitrogens is 5. The van der Waals surface area contributed by atoms with Crippen LogP contribution in [0.5, 0.6) is 0 Å². The van der Waals surface area contributed by atoms with E-state index in [-0.39, 0.29) is 51.0 Å². The van der Waals surface area contributed by atoms with Gasteiger partial charge in [-0.15, -0.1) is 11.3 Å². The fourth-order valence-corrected chi connectivity index (χ4v) is 7.13. The molecule has 12 nitrogen and oxygen atoms in total. The predicted octanol–water partition coefficient (Wildman–Crippen LogP) is 4.63. The molecule has 1 aliphatic heterocycles. The van der Waals surface area contributed by atoms with Crippen molar-refractivity contribution in [2.45, 2.75) is 19.8 Å². The van der Waals surface area contributed by atoms with Crippen LogP contribution < -0.4 is 10.2 Å². The highest BCUT2D eigenvalue weighted by Gasteiger charge is 2.30. The molecule has 6 rings (SSSR count). The number of quaternary nitrogens is 1. The summed E-state index contributed by atoms with van der Waals surface area (Å²) < 4.78 is 32.4. The highest BCUT2D eigenvalue weighted by molar-refractivity contribution is 7.07. The van der Waals surface area contributed by atoms with Crippen molar-refractivity contribution in [2.24, 2.45) is 13.0 Å². The summed E-state index contributed by atoms with van der Waals surface area (Å²) in [6, 6.07) is 7.44. The standard InChI is InChI=1S/C36H38ClF2N9O3S/c1-5-21(10-11-45(2)3)35(50)47-12-14-48(15-13-47)36(51)24-7-6-22(16-27(24)37)43-34(49)33-40-18-29(46(33)4)25-9-8-23(30(38)31(25)39)26-17-42-44-32(26)28-19-52-20-41-28/h6-9,16-21H,5,10-15H2,1-4H3,(H,42,44)(H,43,49)/p+1. The van der Waals surface area contributed by atoms with Gasteiger partial charge in [0.15, 0.2) is 17.5 Å². The summed E-state index contributed by atoms with van der Waals surface area (Å²) in [6.45, 7) is 4.63. The second-order valence-corrected chi connectivity index (χ2v) is 14.1. The van der Waals surface area contributed by atoms with E-state index in [0.29, 0.717) is 48.8 Å². The van der Waals surface area contributed by atoms with Crippen LogP contribution >= 0.6 is 22.9 Å². The fraction of sp³-hybridized carbons (Fsp3) is 0.333. The van der Waals surface area contributed by atoms with Gasteiger partial charge in [0.25, 0.3) is 11.8 Å². The first-order valence-electron chi connectivity index (χ1n) is 16.9. The number of piperazine rings is 1. The van der Waals surface area contributed by atoms with Gasteiger partial charge < -0.3 is 24.6 Å². The summed E-state index contributed by atoms with van der Waals surface area (Å²) in [6.07, 6.45) is 4.31. The van der Waals surface area contributed by atoms with Crippen LogP contribution in [0.4, 0.5) is 14.5 Å². The summed E-state index contributed by atoms with van der Waals surface area (Å²) in [5.41, 5.74) is 3.71. The monoisotopic (exact) mass is 750 g/mol. The van der Waals surface area contributed by atoms with Gasteiger partial charge in [-0.1, -0.05) is 24.6 Å². The fourth-order valence-electron chi connectivity index (χ4n) is 6.32. The number of anilines is 1. The van der Waals surface area contributed by atoms with E-state index in [1.165, 1.54) is 64.5 Å². The first-order chi connectivity index (χ1) is 25.0.